The molecule has 0 aromatic carbocycles. The van der Waals surface area contributed by atoms with Crippen LogP contribution in [-0.2, 0) is 4.79 Å². The van der Waals surface area contributed by atoms with Crippen LogP contribution in [0.4, 0.5) is 9.52 Å². The van der Waals surface area contributed by atoms with Gasteiger partial charge in [0.15, 0.2) is 5.13 Å². The van der Waals surface area contributed by atoms with Crippen molar-refractivity contribution in [2.45, 2.75) is 44.6 Å². The lowest BCUT2D eigenvalue weighted by molar-refractivity contribution is -0.120. The largest absolute Gasteiger partial charge is 0.330 e. The number of anilines is 1. The van der Waals surface area contributed by atoms with Gasteiger partial charge in [0.2, 0.25) is 5.91 Å². The molecule has 1 amide bonds. The molecule has 0 spiro atoms. The second-order valence-electron chi connectivity index (χ2n) is 7.24. The number of H-pyrrole nitrogens is 1. The molecule has 3 aromatic heterocycles. The second kappa shape index (κ2) is 8.24. The van der Waals surface area contributed by atoms with Gasteiger partial charge in [-0.2, -0.15) is 0 Å². The van der Waals surface area contributed by atoms with Crippen molar-refractivity contribution in [3.05, 3.63) is 50.5 Å². The molecule has 1 saturated carbocycles. The second-order valence-corrected chi connectivity index (χ2v) is 8.13. The average Bonchev–Trinajstić information content (AvgIpc) is 3.21. The number of pyridine rings is 1. The molecule has 0 bridgehead atoms. The molecule has 1 unspecified atom stereocenters. The fraction of sp³-hybridized carbons (Fsp3) is 0.421. The third kappa shape index (κ3) is 4.12. The molecule has 152 valence electrons. The number of rotatable bonds is 5. The first-order chi connectivity index (χ1) is 14.0. The first kappa shape index (κ1) is 19.4. The minimum absolute atomic E-state index is 0.00519. The summed E-state index contributed by atoms with van der Waals surface area (Å²) >= 11 is 1.25. The van der Waals surface area contributed by atoms with E-state index in [0.29, 0.717) is 11.6 Å². The summed E-state index contributed by atoms with van der Waals surface area (Å²) in [5.41, 5.74) is -1.48. The summed E-state index contributed by atoms with van der Waals surface area (Å²) in [5.74, 6) is -0.950. The Morgan fingerprint density at radius 1 is 1.31 bits per heavy atom. The summed E-state index contributed by atoms with van der Waals surface area (Å²) in [6, 6.07) is -0.000964. The van der Waals surface area contributed by atoms with Gasteiger partial charge < -0.3 is 5.32 Å². The number of carbonyl (C=O) groups excluding carboxylic acids is 1. The van der Waals surface area contributed by atoms with E-state index in [9.17, 15) is 18.8 Å². The van der Waals surface area contributed by atoms with Crippen molar-refractivity contribution in [1.82, 2.24) is 19.5 Å². The zero-order valence-electron chi connectivity index (χ0n) is 15.6. The molecule has 1 atom stereocenters. The zero-order chi connectivity index (χ0) is 20.4. The van der Waals surface area contributed by atoms with Crippen molar-refractivity contribution in [1.29, 1.82) is 0 Å². The third-order valence-electron chi connectivity index (χ3n) is 5.31. The summed E-state index contributed by atoms with van der Waals surface area (Å²) in [7, 11) is 0. The van der Waals surface area contributed by atoms with Gasteiger partial charge >= 0.3 is 5.69 Å². The van der Waals surface area contributed by atoms with E-state index >= 15 is 0 Å². The van der Waals surface area contributed by atoms with Crippen LogP contribution in [0.25, 0.3) is 11.0 Å². The molecule has 29 heavy (non-hydrogen) atoms. The summed E-state index contributed by atoms with van der Waals surface area (Å²) in [6.07, 6.45) is 7.99. The Morgan fingerprint density at radius 3 is 2.83 bits per heavy atom. The first-order valence-electron chi connectivity index (χ1n) is 9.53. The molecular weight excluding hydrogens is 397 g/mol. The minimum atomic E-state index is -1.02. The predicted molar refractivity (Wildman–Crippen MR) is 108 cm³/mol. The van der Waals surface area contributed by atoms with Crippen LogP contribution in [-0.4, -0.2) is 25.4 Å². The summed E-state index contributed by atoms with van der Waals surface area (Å²) in [4.78, 5) is 49.1. The Kier molecular flexibility index (Phi) is 5.52. The predicted octanol–water partition coefficient (Wildman–Crippen LogP) is 2.83. The molecule has 1 fully saturated rings. The highest BCUT2D eigenvalue weighted by molar-refractivity contribution is 7.13. The van der Waals surface area contributed by atoms with E-state index in [-0.39, 0.29) is 17.0 Å². The number of amides is 1. The number of hydrogen-bond acceptors (Lipinski definition) is 6. The van der Waals surface area contributed by atoms with Crippen molar-refractivity contribution in [3.63, 3.8) is 0 Å². The first-order valence-corrected chi connectivity index (χ1v) is 10.4. The zero-order valence-corrected chi connectivity index (χ0v) is 16.4. The molecule has 0 aliphatic heterocycles. The van der Waals surface area contributed by atoms with Crippen LogP contribution in [0.15, 0.2) is 33.4 Å². The highest BCUT2D eigenvalue weighted by Gasteiger charge is 2.29. The Bertz CT molecular complexity index is 1130. The molecule has 2 N–H and O–H groups in total. The molecular formula is C19H20FN5O3S. The number of aromatic amines is 1. The Balaban J connectivity index is 1.78. The van der Waals surface area contributed by atoms with Crippen molar-refractivity contribution in [2.75, 3.05) is 5.32 Å². The SMILES string of the molecule is O=C(Nc1nccs1)C(CC1CCCCC1)n1c(=O)[nH]c2ncc(F)cc2c1=O. The van der Waals surface area contributed by atoms with Crippen molar-refractivity contribution in [2.24, 2.45) is 5.92 Å². The molecule has 1 aliphatic carbocycles. The molecule has 10 heteroatoms. The van der Waals surface area contributed by atoms with E-state index in [1.54, 1.807) is 11.6 Å². The van der Waals surface area contributed by atoms with Crippen molar-refractivity contribution < 1.29 is 9.18 Å². The highest BCUT2D eigenvalue weighted by atomic mass is 32.1. The van der Waals surface area contributed by atoms with E-state index < -0.39 is 29.0 Å². The topological polar surface area (TPSA) is 110 Å². The molecule has 1 aliphatic rings. The van der Waals surface area contributed by atoms with Gasteiger partial charge in [-0.05, 0) is 18.4 Å². The van der Waals surface area contributed by atoms with Gasteiger partial charge in [0, 0.05) is 11.6 Å². The van der Waals surface area contributed by atoms with E-state index in [2.05, 4.69) is 20.3 Å². The van der Waals surface area contributed by atoms with Crippen molar-refractivity contribution >= 4 is 33.4 Å². The number of nitrogens with one attached hydrogen (secondary N) is 2. The lowest BCUT2D eigenvalue weighted by Gasteiger charge is -2.26. The summed E-state index contributed by atoms with van der Waals surface area (Å²) < 4.78 is 14.5. The number of carbonyl (C=O) groups is 1. The fourth-order valence-electron chi connectivity index (χ4n) is 3.91. The maximum Gasteiger partial charge on any atom is 0.330 e. The maximum absolute atomic E-state index is 13.6. The van der Waals surface area contributed by atoms with Crippen LogP contribution >= 0.6 is 11.3 Å². The molecule has 0 radical (unpaired) electrons. The third-order valence-corrected chi connectivity index (χ3v) is 5.99. The standard InChI is InChI=1S/C19H20FN5O3S/c20-12-9-13-15(22-10-12)23-19(28)25(17(13)27)14(8-11-4-2-1-3-5-11)16(26)24-18-21-6-7-29-18/h6-7,9-11,14H,1-5,8H2,(H,21,24,26)(H,22,23,28). The van der Waals surface area contributed by atoms with Gasteiger partial charge in [-0.25, -0.2) is 23.7 Å². The number of halogens is 1. The number of hydrogen-bond donors (Lipinski definition) is 2. The Labute approximate surface area is 168 Å². The van der Waals surface area contributed by atoms with Gasteiger partial charge in [-0.3, -0.25) is 14.6 Å². The van der Waals surface area contributed by atoms with Crippen molar-refractivity contribution in [3.8, 4) is 0 Å². The van der Waals surface area contributed by atoms with E-state index in [4.69, 9.17) is 0 Å². The summed E-state index contributed by atoms with van der Waals surface area (Å²) in [6.45, 7) is 0. The molecule has 0 saturated heterocycles. The minimum Gasteiger partial charge on any atom is -0.300 e. The van der Waals surface area contributed by atoms with Crippen LogP contribution in [0.1, 0.15) is 44.6 Å². The van der Waals surface area contributed by atoms with Crippen LogP contribution in [0.2, 0.25) is 0 Å². The Hall–Kier alpha value is -2.88. The van der Waals surface area contributed by atoms with Crippen LogP contribution in [0.3, 0.4) is 0 Å². The van der Waals surface area contributed by atoms with Crippen LogP contribution in [0, 0.1) is 11.7 Å². The Morgan fingerprint density at radius 2 is 2.10 bits per heavy atom. The van der Waals surface area contributed by atoms with E-state index in [1.807, 2.05) is 0 Å². The van der Waals surface area contributed by atoms with Gasteiger partial charge in [0.1, 0.15) is 17.5 Å². The molecule has 3 heterocycles. The smallest absolute Gasteiger partial charge is 0.300 e. The van der Waals surface area contributed by atoms with Crippen LogP contribution < -0.4 is 16.6 Å². The maximum atomic E-state index is 13.6. The summed E-state index contributed by atoms with van der Waals surface area (Å²) in [5, 5.41) is 4.73. The normalized spacial score (nSPS) is 16.0. The lowest BCUT2D eigenvalue weighted by atomic mass is 9.84. The molecule has 3 aromatic rings. The van der Waals surface area contributed by atoms with Gasteiger partial charge in [0.25, 0.3) is 5.56 Å². The number of fused-ring (bicyclic) bond motifs is 1. The fourth-order valence-corrected chi connectivity index (χ4v) is 4.44. The monoisotopic (exact) mass is 417 g/mol. The molecule has 4 rings (SSSR count). The number of aromatic nitrogens is 4. The molecule has 8 nitrogen and oxygen atoms in total. The number of nitrogens with zero attached hydrogens (tertiary/aromatic N) is 3. The average molecular weight is 417 g/mol. The van der Waals surface area contributed by atoms with Crippen LogP contribution in [0.5, 0.6) is 0 Å². The lowest BCUT2D eigenvalue weighted by Crippen LogP contribution is -2.43. The highest BCUT2D eigenvalue weighted by Crippen LogP contribution is 2.31. The number of thiazole rings is 1. The van der Waals surface area contributed by atoms with E-state index in [0.717, 1.165) is 48.9 Å². The quantitative estimate of drug-likeness (QED) is 0.663. The van der Waals surface area contributed by atoms with Gasteiger partial charge in [-0.1, -0.05) is 32.1 Å². The van der Waals surface area contributed by atoms with E-state index in [1.165, 1.54) is 11.3 Å². The van der Waals surface area contributed by atoms with Gasteiger partial charge in [-0.15, -0.1) is 11.3 Å². The van der Waals surface area contributed by atoms with Gasteiger partial charge in [0.05, 0.1) is 11.6 Å².